The first-order valence-corrected chi connectivity index (χ1v) is 4.43. The zero-order chi connectivity index (χ0) is 9.97. The van der Waals surface area contributed by atoms with Gasteiger partial charge >= 0.3 is 5.97 Å². The Morgan fingerprint density at radius 3 is 3.00 bits per heavy atom. The highest BCUT2D eigenvalue weighted by atomic mass is 16.5. The van der Waals surface area contributed by atoms with Crippen LogP contribution in [0.2, 0.25) is 0 Å². The van der Waals surface area contributed by atoms with E-state index in [2.05, 4.69) is 9.72 Å². The lowest BCUT2D eigenvalue weighted by Gasteiger charge is -2.25. The summed E-state index contributed by atoms with van der Waals surface area (Å²) in [7, 11) is 1.37. The fraction of sp³-hybridized carbons (Fsp3) is 0.400. The minimum atomic E-state index is -0.325. The quantitative estimate of drug-likeness (QED) is 0.657. The van der Waals surface area contributed by atoms with Crippen molar-refractivity contribution in [2.75, 3.05) is 20.3 Å². The molecule has 1 aliphatic heterocycles. The molecule has 0 atom stereocenters. The lowest BCUT2D eigenvalue weighted by Crippen LogP contribution is -2.26. The summed E-state index contributed by atoms with van der Waals surface area (Å²) >= 11 is 0. The van der Waals surface area contributed by atoms with Gasteiger partial charge in [0.15, 0.2) is 0 Å². The van der Waals surface area contributed by atoms with Crippen molar-refractivity contribution in [2.45, 2.75) is 5.92 Å². The maximum absolute atomic E-state index is 11.2. The van der Waals surface area contributed by atoms with Gasteiger partial charge in [-0.3, -0.25) is 4.98 Å². The average molecular weight is 193 g/mol. The Morgan fingerprint density at radius 2 is 2.43 bits per heavy atom. The second kappa shape index (κ2) is 3.75. The number of pyridine rings is 1. The lowest BCUT2D eigenvalue weighted by molar-refractivity contribution is 0.00664. The Kier molecular flexibility index (Phi) is 2.45. The molecule has 2 rings (SSSR count). The van der Waals surface area contributed by atoms with Crippen molar-refractivity contribution >= 4 is 5.97 Å². The predicted octanol–water partition coefficient (Wildman–Crippen LogP) is 0.982. The fourth-order valence-electron chi connectivity index (χ4n) is 1.32. The van der Waals surface area contributed by atoms with E-state index in [9.17, 15) is 4.79 Å². The third-order valence-corrected chi connectivity index (χ3v) is 2.26. The Balaban J connectivity index is 2.21. The molecule has 0 aromatic carbocycles. The summed E-state index contributed by atoms with van der Waals surface area (Å²) in [5.74, 6) is 0.00787. The minimum Gasteiger partial charge on any atom is -0.465 e. The van der Waals surface area contributed by atoms with Crippen LogP contribution in [0.15, 0.2) is 18.3 Å². The van der Waals surface area contributed by atoms with Gasteiger partial charge in [0.2, 0.25) is 0 Å². The maximum Gasteiger partial charge on any atom is 0.337 e. The number of aromatic nitrogens is 1. The molecule has 0 saturated carbocycles. The van der Waals surface area contributed by atoms with Gasteiger partial charge in [-0.2, -0.15) is 0 Å². The summed E-state index contributed by atoms with van der Waals surface area (Å²) in [6, 6.07) is 3.41. The molecule has 0 spiro atoms. The molecule has 0 unspecified atom stereocenters. The summed E-state index contributed by atoms with van der Waals surface area (Å²) in [5, 5.41) is 0. The van der Waals surface area contributed by atoms with Crippen LogP contribution in [0, 0.1) is 0 Å². The molecule has 74 valence electrons. The van der Waals surface area contributed by atoms with Crippen LogP contribution in [-0.2, 0) is 9.47 Å². The Morgan fingerprint density at radius 1 is 1.64 bits per heavy atom. The number of rotatable bonds is 2. The molecule has 0 amide bonds. The zero-order valence-electron chi connectivity index (χ0n) is 7.90. The van der Waals surface area contributed by atoms with Crippen LogP contribution >= 0.6 is 0 Å². The SMILES string of the molecule is COC(=O)c1ccnc(C2COC2)c1. The van der Waals surface area contributed by atoms with Gasteiger partial charge in [-0.25, -0.2) is 4.79 Å². The summed E-state index contributed by atoms with van der Waals surface area (Å²) in [6.07, 6.45) is 1.62. The summed E-state index contributed by atoms with van der Waals surface area (Å²) in [6.45, 7) is 1.38. The van der Waals surface area contributed by atoms with Crippen LogP contribution in [0.5, 0.6) is 0 Å². The van der Waals surface area contributed by atoms with E-state index in [1.54, 1.807) is 18.3 Å². The van der Waals surface area contributed by atoms with E-state index < -0.39 is 0 Å². The Labute approximate surface area is 81.9 Å². The van der Waals surface area contributed by atoms with E-state index in [-0.39, 0.29) is 5.97 Å². The standard InChI is InChI=1S/C10H11NO3/c1-13-10(12)7-2-3-11-9(4-7)8-5-14-6-8/h2-4,8H,5-6H2,1H3. The molecular weight excluding hydrogens is 182 g/mol. The number of hydrogen-bond acceptors (Lipinski definition) is 4. The maximum atomic E-state index is 11.2. The number of methoxy groups -OCH3 is 1. The summed E-state index contributed by atoms with van der Waals surface area (Å²) in [5.41, 5.74) is 1.45. The second-order valence-electron chi connectivity index (χ2n) is 3.20. The molecule has 2 heterocycles. The van der Waals surface area contributed by atoms with E-state index in [4.69, 9.17) is 4.74 Å². The number of carbonyl (C=O) groups is 1. The Bertz CT molecular complexity index is 347. The predicted molar refractivity (Wildman–Crippen MR) is 49.1 cm³/mol. The first-order valence-electron chi connectivity index (χ1n) is 4.43. The highest BCUT2D eigenvalue weighted by molar-refractivity contribution is 5.89. The van der Waals surface area contributed by atoms with E-state index in [0.717, 1.165) is 5.69 Å². The molecule has 1 saturated heterocycles. The molecule has 0 aliphatic carbocycles. The van der Waals surface area contributed by atoms with Crippen LogP contribution in [-0.4, -0.2) is 31.3 Å². The molecular formula is C10H11NO3. The number of hydrogen-bond donors (Lipinski definition) is 0. The van der Waals surface area contributed by atoms with Gasteiger partial charge in [-0.05, 0) is 12.1 Å². The van der Waals surface area contributed by atoms with Crippen LogP contribution in [0.4, 0.5) is 0 Å². The molecule has 0 bridgehead atoms. The zero-order valence-corrected chi connectivity index (χ0v) is 7.90. The summed E-state index contributed by atoms with van der Waals surface area (Å²) < 4.78 is 9.68. The molecule has 14 heavy (non-hydrogen) atoms. The molecule has 1 aromatic rings. The van der Waals surface area contributed by atoms with Crippen LogP contribution in [0.1, 0.15) is 22.0 Å². The number of carbonyl (C=O) groups excluding carboxylic acids is 1. The number of esters is 1. The molecule has 0 N–H and O–H groups in total. The van der Waals surface area contributed by atoms with Crippen molar-refractivity contribution in [3.05, 3.63) is 29.6 Å². The first-order chi connectivity index (χ1) is 6.81. The van der Waals surface area contributed by atoms with Crippen molar-refractivity contribution in [3.63, 3.8) is 0 Å². The molecule has 1 aliphatic rings. The average Bonchev–Trinajstić information content (AvgIpc) is 2.14. The number of nitrogens with zero attached hydrogens (tertiary/aromatic N) is 1. The highest BCUT2D eigenvalue weighted by Gasteiger charge is 2.22. The highest BCUT2D eigenvalue weighted by Crippen LogP contribution is 2.22. The van der Waals surface area contributed by atoms with Gasteiger partial charge in [0.1, 0.15) is 0 Å². The van der Waals surface area contributed by atoms with Crippen molar-refractivity contribution in [1.82, 2.24) is 4.98 Å². The second-order valence-corrected chi connectivity index (χ2v) is 3.20. The van der Waals surface area contributed by atoms with Gasteiger partial charge in [-0.15, -0.1) is 0 Å². The van der Waals surface area contributed by atoms with Gasteiger partial charge in [0.05, 0.1) is 25.9 Å². The van der Waals surface area contributed by atoms with Gasteiger partial charge in [0, 0.05) is 17.8 Å². The largest absolute Gasteiger partial charge is 0.465 e. The topological polar surface area (TPSA) is 48.4 Å². The van der Waals surface area contributed by atoms with E-state index in [0.29, 0.717) is 24.7 Å². The van der Waals surface area contributed by atoms with Crippen molar-refractivity contribution in [2.24, 2.45) is 0 Å². The van der Waals surface area contributed by atoms with Gasteiger partial charge in [-0.1, -0.05) is 0 Å². The minimum absolute atomic E-state index is 0.325. The van der Waals surface area contributed by atoms with E-state index in [1.165, 1.54) is 7.11 Å². The van der Waals surface area contributed by atoms with Crippen molar-refractivity contribution in [3.8, 4) is 0 Å². The number of ether oxygens (including phenoxy) is 2. The molecule has 1 aromatic heterocycles. The normalized spacial score (nSPS) is 16.1. The molecule has 4 nitrogen and oxygen atoms in total. The van der Waals surface area contributed by atoms with E-state index >= 15 is 0 Å². The Hall–Kier alpha value is -1.42. The molecule has 0 radical (unpaired) electrons. The van der Waals surface area contributed by atoms with Crippen molar-refractivity contribution < 1.29 is 14.3 Å². The van der Waals surface area contributed by atoms with E-state index in [1.807, 2.05) is 0 Å². The van der Waals surface area contributed by atoms with Crippen LogP contribution in [0.3, 0.4) is 0 Å². The smallest absolute Gasteiger partial charge is 0.337 e. The lowest BCUT2D eigenvalue weighted by atomic mass is 10.0. The summed E-state index contributed by atoms with van der Waals surface area (Å²) in [4.78, 5) is 15.4. The molecule has 1 fully saturated rings. The first kappa shape index (κ1) is 9.15. The molecule has 4 heteroatoms. The van der Waals surface area contributed by atoms with Crippen LogP contribution in [0.25, 0.3) is 0 Å². The monoisotopic (exact) mass is 193 g/mol. The van der Waals surface area contributed by atoms with Crippen LogP contribution < -0.4 is 0 Å². The van der Waals surface area contributed by atoms with Crippen molar-refractivity contribution in [1.29, 1.82) is 0 Å². The third kappa shape index (κ3) is 1.61. The van der Waals surface area contributed by atoms with Gasteiger partial charge in [0.25, 0.3) is 0 Å². The van der Waals surface area contributed by atoms with Gasteiger partial charge < -0.3 is 9.47 Å². The third-order valence-electron chi connectivity index (χ3n) is 2.26. The fourth-order valence-corrected chi connectivity index (χ4v) is 1.32.